The Kier molecular flexibility index (Phi) is 3.16. The molecular formula is C12H16ClN3O. The van der Waals surface area contributed by atoms with Gasteiger partial charge in [-0.2, -0.15) is 0 Å². The molecule has 1 aliphatic heterocycles. The third-order valence-corrected chi connectivity index (χ3v) is 3.67. The van der Waals surface area contributed by atoms with E-state index in [1.165, 1.54) is 12.8 Å². The number of aromatic nitrogens is 2. The molecule has 0 amide bonds. The molecule has 0 N–H and O–H groups in total. The predicted molar refractivity (Wildman–Crippen MR) is 66.4 cm³/mol. The molecule has 5 heteroatoms. The molecule has 3 rings (SSSR count). The van der Waals surface area contributed by atoms with E-state index in [1.807, 2.05) is 0 Å². The molecule has 1 saturated carbocycles. The molecule has 1 aromatic heterocycles. The van der Waals surface area contributed by atoms with E-state index in [1.54, 1.807) is 12.4 Å². The number of halogens is 1. The average Bonchev–Trinajstić information content (AvgIpc) is 3.18. The molecule has 92 valence electrons. The summed E-state index contributed by atoms with van der Waals surface area (Å²) in [6, 6.07) is 1.11. The Morgan fingerprint density at radius 3 is 2.35 bits per heavy atom. The van der Waals surface area contributed by atoms with Gasteiger partial charge in [-0.05, 0) is 25.7 Å². The summed E-state index contributed by atoms with van der Waals surface area (Å²) >= 11 is 6.16. The molecule has 0 radical (unpaired) electrons. The first-order chi connectivity index (χ1) is 8.36. The van der Waals surface area contributed by atoms with Crippen LogP contribution in [0.5, 0.6) is 0 Å². The Hall–Kier alpha value is -0.870. The highest BCUT2D eigenvalue weighted by Crippen LogP contribution is 2.37. The maximum absolute atomic E-state index is 6.16. The number of nitrogens with zero attached hydrogens (tertiary/aromatic N) is 3. The van der Waals surface area contributed by atoms with Crippen molar-refractivity contribution in [2.45, 2.75) is 37.8 Å². The summed E-state index contributed by atoms with van der Waals surface area (Å²) in [7, 11) is 0. The van der Waals surface area contributed by atoms with Gasteiger partial charge < -0.3 is 9.64 Å². The minimum Gasteiger partial charge on any atom is -0.381 e. The molecular weight excluding hydrogens is 238 g/mol. The van der Waals surface area contributed by atoms with E-state index in [2.05, 4.69) is 14.9 Å². The Bertz CT molecular complexity index is 391. The van der Waals surface area contributed by atoms with Crippen molar-refractivity contribution in [1.29, 1.82) is 0 Å². The lowest BCUT2D eigenvalue weighted by Crippen LogP contribution is -2.41. The fourth-order valence-electron chi connectivity index (χ4n) is 2.45. The lowest BCUT2D eigenvalue weighted by Gasteiger charge is -2.35. The second-order valence-corrected chi connectivity index (χ2v) is 5.01. The van der Waals surface area contributed by atoms with Crippen molar-refractivity contribution in [2.24, 2.45) is 0 Å². The van der Waals surface area contributed by atoms with Gasteiger partial charge in [0.1, 0.15) is 0 Å². The molecule has 1 saturated heterocycles. The SMILES string of the molecule is Clc1nccnc1N(C1CCOCC1)C1CC1. The second kappa shape index (κ2) is 4.78. The predicted octanol–water partition coefficient (Wildman–Crippen LogP) is 2.28. The van der Waals surface area contributed by atoms with E-state index in [9.17, 15) is 0 Å². The highest BCUT2D eigenvalue weighted by Gasteiger charge is 2.36. The Balaban J connectivity index is 1.86. The molecule has 0 atom stereocenters. The second-order valence-electron chi connectivity index (χ2n) is 4.65. The van der Waals surface area contributed by atoms with E-state index in [0.29, 0.717) is 17.2 Å². The first kappa shape index (κ1) is 11.2. The Labute approximate surface area is 106 Å². The van der Waals surface area contributed by atoms with Gasteiger partial charge in [-0.25, -0.2) is 9.97 Å². The van der Waals surface area contributed by atoms with Gasteiger partial charge in [0, 0.05) is 37.7 Å². The van der Waals surface area contributed by atoms with Crippen LogP contribution in [0.2, 0.25) is 5.15 Å². The summed E-state index contributed by atoms with van der Waals surface area (Å²) in [6.07, 6.45) is 7.96. The van der Waals surface area contributed by atoms with Crippen LogP contribution in [0.15, 0.2) is 12.4 Å². The summed E-state index contributed by atoms with van der Waals surface area (Å²) in [6.45, 7) is 1.68. The van der Waals surface area contributed by atoms with Crippen LogP contribution >= 0.6 is 11.6 Å². The highest BCUT2D eigenvalue weighted by molar-refractivity contribution is 6.31. The molecule has 0 bridgehead atoms. The molecule has 17 heavy (non-hydrogen) atoms. The first-order valence-corrected chi connectivity index (χ1v) is 6.56. The van der Waals surface area contributed by atoms with Gasteiger partial charge in [-0.3, -0.25) is 0 Å². The van der Waals surface area contributed by atoms with Crippen LogP contribution in [-0.2, 0) is 4.74 Å². The number of ether oxygens (including phenoxy) is 1. The van der Waals surface area contributed by atoms with Gasteiger partial charge in [0.15, 0.2) is 11.0 Å². The highest BCUT2D eigenvalue weighted by atomic mass is 35.5. The van der Waals surface area contributed by atoms with Crippen LogP contribution < -0.4 is 4.90 Å². The monoisotopic (exact) mass is 253 g/mol. The average molecular weight is 254 g/mol. The van der Waals surface area contributed by atoms with Gasteiger partial charge in [0.25, 0.3) is 0 Å². The summed E-state index contributed by atoms with van der Waals surface area (Å²) < 4.78 is 5.42. The van der Waals surface area contributed by atoms with Gasteiger partial charge in [-0.1, -0.05) is 11.6 Å². The van der Waals surface area contributed by atoms with Crippen LogP contribution in [0.3, 0.4) is 0 Å². The van der Waals surface area contributed by atoms with Crippen molar-refractivity contribution in [3.63, 3.8) is 0 Å². The number of rotatable bonds is 3. The quantitative estimate of drug-likeness (QED) is 0.828. The fraction of sp³-hybridized carbons (Fsp3) is 0.667. The minimum atomic E-state index is 0.505. The molecule has 2 aliphatic rings. The molecule has 0 unspecified atom stereocenters. The van der Waals surface area contributed by atoms with Crippen molar-refractivity contribution in [3.8, 4) is 0 Å². The topological polar surface area (TPSA) is 38.2 Å². The van der Waals surface area contributed by atoms with Gasteiger partial charge in [0.05, 0.1) is 0 Å². The molecule has 2 fully saturated rings. The van der Waals surface area contributed by atoms with E-state index < -0.39 is 0 Å². The van der Waals surface area contributed by atoms with Crippen LogP contribution in [0, 0.1) is 0 Å². The largest absolute Gasteiger partial charge is 0.381 e. The zero-order chi connectivity index (χ0) is 11.7. The van der Waals surface area contributed by atoms with Crippen molar-refractivity contribution in [3.05, 3.63) is 17.5 Å². The maximum Gasteiger partial charge on any atom is 0.171 e. The van der Waals surface area contributed by atoms with Crippen LogP contribution in [-0.4, -0.2) is 35.3 Å². The van der Waals surface area contributed by atoms with Crippen LogP contribution in [0.1, 0.15) is 25.7 Å². The Morgan fingerprint density at radius 2 is 1.71 bits per heavy atom. The van der Waals surface area contributed by atoms with E-state index in [-0.39, 0.29) is 0 Å². The normalized spacial score (nSPS) is 21.5. The maximum atomic E-state index is 6.16. The van der Waals surface area contributed by atoms with Crippen molar-refractivity contribution >= 4 is 17.4 Å². The zero-order valence-electron chi connectivity index (χ0n) is 9.68. The molecule has 0 spiro atoms. The van der Waals surface area contributed by atoms with E-state index in [0.717, 1.165) is 31.9 Å². The third-order valence-electron chi connectivity index (χ3n) is 3.40. The summed E-state index contributed by atoms with van der Waals surface area (Å²) in [5.74, 6) is 0.851. The molecule has 0 aromatic carbocycles. The molecule has 1 aromatic rings. The van der Waals surface area contributed by atoms with E-state index >= 15 is 0 Å². The van der Waals surface area contributed by atoms with Crippen LogP contribution in [0.25, 0.3) is 0 Å². The standard InChI is InChI=1S/C12H16ClN3O/c13-11-12(15-6-5-14-11)16(9-1-2-9)10-3-7-17-8-4-10/h5-6,9-10H,1-4,7-8H2. The van der Waals surface area contributed by atoms with E-state index in [4.69, 9.17) is 16.3 Å². The molecule has 1 aliphatic carbocycles. The molecule has 4 nitrogen and oxygen atoms in total. The smallest absolute Gasteiger partial charge is 0.171 e. The Morgan fingerprint density at radius 1 is 1.06 bits per heavy atom. The summed E-state index contributed by atoms with van der Waals surface area (Å²) in [4.78, 5) is 10.9. The molecule has 2 heterocycles. The zero-order valence-corrected chi connectivity index (χ0v) is 10.4. The summed E-state index contributed by atoms with van der Waals surface area (Å²) in [5, 5.41) is 0.519. The fourth-order valence-corrected chi connectivity index (χ4v) is 2.65. The minimum absolute atomic E-state index is 0.505. The van der Waals surface area contributed by atoms with Crippen LogP contribution in [0.4, 0.5) is 5.82 Å². The first-order valence-electron chi connectivity index (χ1n) is 6.19. The van der Waals surface area contributed by atoms with Gasteiger partial charge >= 0.3 is 0 Å². The third kappa shape index (κ3) is 2.38. The lowest BCUT2D eigenvalue weighted by atomic mass is 10.1. The number of anilines is 1. The van der Waals surface area contributed by atoms with Gasteiger partial charge in [0.2, 0.25) is 0 Å². The number of hydrogen-bond donors (Lipinski definition) is 0. The van der Waals surface area contributed by atoms with Crippen molar-refractivity contribution in [1.82, 2.24) is 9.97 Å². The number of hydrogen-bond acceptors (Lipinski definition) is 4. The summed E-state index contributed by atoms with van der Waals surface area (Å²) in [5.41, 5.74) is 0. The van der Waals surface area contributed by atoms with Crippen molar-refractivity contribution in [2.75, 3.05) is 18.1 Å². The van der Waals surface area contributed by atoms with Gasteiger partial charge in [-0.15, -0.1) is 0 Å². The van der Waals surface area contributed by atoms with Crippen molar-refractivity contribution < 1.29 is 4.74 Å². The lowest BCUT2D eigenvalue weighted by molar-refractivity contribution is 0.0839.